The summed E-state index contributed by atoms with van der Waals surface area (Å²) in [6.07, 6.45) is 3.62. The molecule has 11 heteroatoms. The first kappa shape index (κ1) is 18.4. The van der Waals surface area contributed by atoms with Gasteiger partial charge in [0.2, 0.25) is 0 Å². The molecule has 0 bridgehead atoms. The van der Waals surface area contributed by atoms with E-state index in [1.165, 1.54) is 6.33 Å². The van der Waals surface area contributed by atoms with Gasteiger partial charge in [-0.15, -0.1) is 0 Å². The topological polar surface area (TPSA) is 141 Å². The maximum Gasteiger partial charge on any atom is 0.329 e. The first-order valence-electron chi connectivity index (χ1n) is 7.21. The fraction of sp³-hybridized carbons (Fsp3) is 0.538. The van der Waals surface area contributed by atoms with Crippen molar-refractivity contribution in [1.82, 2.24) is 19.5 Å². The number of nitrogen functional groups attached to an aromatic ring is 1. The van der Waals surface area contributed by atoms with Gasteiger partial charge in [-0.1, -0.05) is 0 Å². The van der Waals surface area contributed by atoms with Gasteiger partial charge >= 0.3 is 8.60 Å². The lowest BCUT2D eigenvalue weighted by atomic mass is 10.2. The molecular weight excluding hydrogens is 335 g/mol. The van der Waals surface area contributed by atoms with Crippen molar-refractivity contribution in [3.8, 4) is 6.07 Å². The number of hydrogen-bond acceptors (Lipinski definition) is 9. The summed E-state index contributed by atoms with van der Waals surface area (Å²) < 4.78 is 17.4. The Morgan fingerprint density at radius 2 is 2.25 bits per heavy atom. The van der Waals surface area contributed by atoms with E-state index in [9.17, 15) is 4.89 Å². The number of methoxy groups -OCH3 is 1. The molecule has 2 heterocycles. The van der Waals surface area contributed by atoms with Crippen LogP contribution in [0.15, 0.2) is 12.7 Å². The van der Waals surface area contributed by atoms with Crippen molar-refractivity contribution in [2.45, 2.75) is 25.5 Å². The number of ether oxygens (including phenoxy) is 1. The molecule has 0 aliphatic rings. The molecule has 0 aliphatic heterocycles. The smallest absolute Gasteiger partial charge is 0.329 e. The number of aryl methyl sites for hydroxylation is 1. The van der Waals surface area contributed by atoms with E-state index in [-0.39, 0.29) is 25.7 Å². The predicted molar refractivity (Wildman–Crippen MR) is 86.4 cm³/mol. The summed E-state index contributed by atoms with van der Waals surface area (Å²) in [7, 11) is -0.440. The van der Waals surface area contributed by atoms with E-state index in [2.05, 4.69) is 15.0 Å². The molecule has 0 amide bonds. The minimum absolute atomic E-state index is 0.137. The summed E-state index contributed by atoms with van der Waals surface area (Å²) in [4.78, 5) is 21.8. The zero-order chi connectivity index (χ0) is 17.4. The molecule has 10 nitrogen and oxygen atoms in total. The molecule has 1 unspecified atom stereocenters. The van der Waals surface area contributed by atoms with E-state index < -0.39 is 8.60 Å². The third-order valence-corrected chi connectivity index (χ3v) is 4.01. The average Bonchev–Trinajstić information content (AvgIpc) is 3.00. The van der Waals surface area contributed by atoms with Gasteiger partial charge in [-0.2, -0.15) is 5.26 Å². The largest absolute Gasteiger partial charge is 0.382 e. The fourth-order valence-electron chi connectivity index (χ4n) is 1.97. The molecular formula is C13H19N6O4P. The molecule has 2 aromatic heterocycles. The molecule has 3 N–H and O–H groups in total. The fourth-order valence-corrected chi connectivity index (χ4v) is 2.58. The number of imidazole rings is 1. The molecule has 130 valence electrons. The highest BCUT2D eigenvalue weighted by Gasteiger charge is 2.15. The Kier molecular flexibility index (Phi) is 7.24. The predicted octanol–water partition coefficient (Wildman–Crippen LogP) is 0.980. The number of hydrogen-bond donors (Lipinski definition) is 2. The standard InChI is InChI=1S/C13H19N6O4P/c1-21-10(7-23-24(20)22-6-2-4-14)3-5-19-9-18-11-12(15)16-8-17-13(11)19/h8-10,20H,2-3,5-7H2,1H3,(H2,15,16,17)/t10-,24?/m0/s1. The van der Waals surface area contributed by atoms with Crippen molar-refractivity contribution in [3.63, 3.8) is 0 Å². The zero-order valence-electron chi connectivity index (χ0n) is 13.2. The summed E-state index contributed by atoms with van der Waals surface area (Å²) >= 11 is 0. The molecule has 2 rings (SSSR count). The van der Waals surface area contributed by atoms with E-state index in [0.29, 0.717) is 29.9 Å². The monoisotopic (exact) mass is 354 g/mol. The van der Waals surface area contributed by atoms with E-state index in [1.54, 1.807) is 13.4 Å². The minimum Gasteiger partial charge on any atom is -0.382 e. The van der Waals surface area contributed by atoms with Crippen molar-refractivity contribution in [1.29, 1.82) is 5.26 Å². The molecule has 0 saturated carbocycles. The first-order chi connectivity index (χ1) is 11.7. The van der Waals surface area contributed by atoms with Crippen LogP contribution in [-0.2, 0) is 20.3 Å². The lowest BCUT2D eigenvalue weighted by molar-refractivity contribution is 0.0417. The number of rotatable bonds is 10. The molecule has 0 aliphatic carbocycles. The van der Waals surface area contributed by atoms with Gasteiger partial charge in [0.25, 0.3) is 0 Å². The van der Waals surface area contributed by atoms with E-state index in [1.807, 2.05) is 10.6 Å². The van der Waals surface area contributed by atoms with Gasteiger partial charge in [-0.25, -0.2) is 15.0 Å². The van der Waals surface area contributed by atoms with Crippen molar-refractivity contribution >= 4 is 25.6 Å². The quantitative estimate of drug-likeness (QED) is 0.471. The van der Waals surface area contributed by atoms with Crippen LogP contribution in [0, 0.1) is 11.3 Å². The molecule has 0 spiro atoms. The zero-order valence-corrected chi connectivity index (χ0v) is 14.1. The molecule has 24 heavy (non-hydrogen) atoms. The summed E-state index contributed by atoms with van der Waals surface area (Å²) in [6, 6.07) is 1.92. The van der Waals surface area contributed by atoms with Gasteiger partial charge in [0, 0.05) is 13.7 Å². The van der Waals surface area contributed by atoms with Crippen LogP contribution in [0.25, 0.3) is 11.2 Å². The van der Waals surface area contributed by atoms with Crippen LogP contribution < -0.4 is 5.73 Å². The first-order valence-corrected chi connectivity index (χ1v) is 8.34. The normalized spacial score (nSPS) is 13.7. The van der Waals surface area contributed by atoms with Crippen molar-refractivity contribution in [3.05, 3.63) is 12.7 Å². The minimum atomic E-state index is -2.01. The van der Waals surface area contributed by atoms with Crippen LogP contribution in [0.1, 0.15) is 12.8 Å². The Bertz CT molecular complexity index is 691. The molecule has 2 aromatic rings. The van der Waals surface area contributed by atoms with E-state index in [0.717, 1.165) is 0 Å². The number of fused-ring (bicyclic) bond motifs is 1. The number of nitrogens with two attached hydrogens (primary N) is 1. The second-order valence-corrected chi connectivity index (χ2v) is 5.78. The van der Waals surface area contributed by atoms with Gasteiger partial charge in [-0.3, -0.25) is 0 Å². The van der Waals surface area contributed by atoms with Gasteiger partial charge in [0.05, 0.1) is 38.1 Å². The number of nitrogens with zero attached hydrogens (tertiary/aromatic N) is 5. The van der Waals surface area contributed by atoms with Crippen LogP contribution in [0.3, 0.4) is 0 Å². The Morgan fingerprint density at radius 1 is 1.42 bits per heavy atom. The second kappa shape index (κ2) is 9.42. The Hall–Kier alpha value is -1.89. The van der Waals surface area contributed by atoms with Crippen LogP contribution >= 0.6 is 8.60 Å². The van der Waals surface area contributed by atoms with Gasteiger partial charge in [-0.05, 0) is 6.42 Å². The van der Waals surface area contributed by atoms with E-state index in [4.69, 9.17) is 24.8 Å². The van der Waals surface area contributed by atoms with Crippen LogP contribution in [-0.4, -0.2) is 50.8 Å². The number of aromatic nitrogens is 4. The maximum absolute atomic E-state index is 9.55. The lowest BCUT2D eigenvalue weighted by Gasteiger charge is -2.17. The van der Waals surface area contributed by atoms with Crippen molar-refractivity contribution in [2.75, 3.05) is 26.1 Å². The van der Waals surface area contributed by atoms with Crippen LogP contribution in [0.2, 0.25) is 0 Å². The Labute approximate surface area is 140 Å². The molecule has 0 saturated heterocycles. The highest BCUT2D eigenvalue weighted by molar-refractivity contribution is 7.40. The molecule has 0 fully saturated rings. The summed E-state index contributed by atoms with van der Waals surface area (Å²) in [5.74, 6) is 0.339. The van der Waals surface area contributed by atoms with Crippen LogP contribution in [0.4, 0.5) is 5.82 Å². The van der Waals surface area contributed by atoms with Crippen molar-refractivity contribution in [2.24, 2.45) is 0 Å². The van der Waals surface area contributed by atoms with Gasteiger partial charge < -0.3 is 29.0 Å². The summed E-state index contributed by atoms with van der Waals surface area (Å²) in [6.45, 7) is 0.904. The number of nitriles is 1. The Balaban J connectivity index is 1.82. The summed E-state index contributed by atoms with van der Waals surface area (Å²) in [5.41, 5.74) is 6.97. The third-order valence-electron chi connectivity index (χ3n) is 3.24. The van der Waals surface area contributed by atoms with E-state index >= 15 is 0 Å². The highest BCUT2D eigenvalue weighted by atomic mass is 31.2. The van der Waals surface area contributed by atoms with Gasteiger partial charge in [0.15, 0.2) is 11.5 Å². The van der Waals surface area contributed by atoms with Crippen LogP contribution in [0.5, 0.6) is 0 Å². The maximum atomic E-state index is 9.55. The number of anilines is 1. The van der Waals surface area contributed by atoms with Crippen molar-refractivity contribution < 1.29 is 18.7 Å². The molecule has 2 atom stereocenters. The highest BCUT2D eigenvalue weighted by Crippen LogP contribution is 2.33. The third kappa shape index (κ3) is 5.06. The average molecular weight is 354 g/mol. The SMILES string of the molecule is CO[C@@H](CCn1cnc2c(N)ncnc21)COP(O)OCCC#N. The molecule has 0 aromatic carbocycles. The Morgan fingerprint density at radius 3 is 3.00 bits per heavy atom. The molecule has 0 radical (unpaired) electrons. The lowest BCUT2D eigenvalue weighted by Crippen LogP contribution is -2.19. The second-order valence-electron chi connectivity index (χ2n) is 4.79. The summed E-state index contributed by atoms with van der Waals surface area (Å²) in [5, 5.41) is 8.40. The van der Waals surface area contributed by atoms with Gasteiger partial charge in [0.1, 0.15) is 11.8 Å².